The van der Waals surface area contributed by atoms with Crippen LogP contribution in [0.5, 0.6) is 5.75 Å². The third-order valence-electron chi connectivity index (χ3n) is 1.93. The Hall–Kier alpha value is -2.07. The van der Waals surface area contributed by atoms with E-state index in [2.05, 4.69) is 13.2 Å². The predicted molar refractivity (Wildman–Crippen MR) is 65.7 cm³/mol. The van der Waals surface area contributed by atoms with E-state index in [0.29, 0.717) is 11.3 Å². The molecule has 2 N–H and O–H groups in total. The van der Waals surface area contributed by atoms with E-state index in [9.17, 15) is 4.79 Å². The lowest BCUT2D eigenvalue weighted by Gasteiger charge is -2.13. The van der Waals surface area contributed by atoms with Gasteiger partial charge in [0.1, 0.15) is 17.9 Å². The molecule has 17 heavy (non-hydrogen) atoms. The minimum Gasteiger partial charge on any atom is -0.471 e. The number of nitrogens with two attached hydrogens (primary N) is 1. The topological polar surface area (TPSA) is 61.5 Å². The van der Waals surface area contributed by atoms with E-state index in [4.69, 9.17) is 15.2 Å². The van der Waals surface area contributed by atoms with Gasteiger partial charge in [0.15, 0.2) is 6.23 Å². The van der Waals surface area contributed by atoms with Gasteiger partial charge in [-0.15, -0.1) is 0 Å². The van der Waals surface area contributed by atoms with Gasteiger partial charge in [0, 0.05) is 0 Å². The highest BCUT2D eigenvalue weighted by Gasteiger charge is 2.14. The molecule has 1 rings (SSSR count). The molecule has 0 heterocycles. The van der Waals surface area contributed by atoms with Gasteiger partial charge in [-0.05, 0) is 18.2 Å². The first-order chi connectivity index (χ1) is 8.19. The molecule has 4 nitrogen and oxygen atoms in total. The molecule has 0 bridgehead atoms. The summed E-state index contributed by atoms with van der Waals surface area (Å²) in [5, 5.41) is 0. The molecule has 0 amide bonds. The summed E-state index contributed by atoms with van der Waals surface area (Å²) in [5.74, 6) is -0.106. The molecule has 0 aliphatic carbocycles. The van der Waals surface area contributed by atoms with Crippen LogP contribution in [0, 0.1) is 0 Å². The lowest BCUT2D eigenvalue weighted by atomic mass is 10.2. The summed E-state index contributed by atoms with van der Waals surface area (Å²) in [6.07, 6.45) is 2.27. The molecule has 1 aromatic carbocycles. The van der Waals surface area contributed by atoms with E-state index >= 15 is 0 Å². The summed E-state index contributed by atoms with van der Waals surface area (Å²) in [5.41, 5.74) is 5.89. The van der Waals surface area contributed by atoms with Gasteiger partial charge in [-0.3, -0.25) is 5.73 Å². The first-order valence-electron chi connectivity index (χ1n) is 5.11. The molecule has 0 saturated carbocycles. The second-order valence-corrected chi connectivity index (χ2v) is 3.20. The van der Waals surface area contributed by atoms with Gasteiger partial charge in [-0.25, -0.2) is 4.79 Å². The fraction of sp³-hybridized carbons (Fsp3) is 0.154. The summed E-state index contributed by atoms with van der Waals surface area (Å²) in [6.45, 7) is 7.12. The predicted octanol–water partition coefficient (Wildman–Crippen LogP) is 1.88. The van der Waals surface area contributed by atoms with Gasteiger partial charge in [0.2, 0.25) is 0 Å². The summed E-state index contributed by atoms with van der Waals surface area (Å²) in [4.78, 5) is 11.7. The molecule has 1 unspecified atom stereocenters. The number of benzene rings is 1. The van der Waals surface area contributed by atoms with Crippen LogP contribution in [0.1, 0.15) is 10.4 Å². The van der Waals surface area contributed by atoms with Crippen LogP contribution in [0.4, 0.5) is 0 Å². The van der Waals surface area contributed by atoms with Crippen molar-refractivity contribution in [3.05, 3.63) is 55.1 Å². The van der Waals surface area contributed by atoms with Crippen molar-refractivity contribution in [1.82, 2.24) is 0 Å². The normalized spacial score (nSPS) is 11.4. The number of ether oxygens (including phenoxy) is 2. The maximum atomic E-state index is 11.7. The van der Waals surface area contributed by atoms with Crippen LogP contribution in [0.15, 0.2) is 49.6 Å². The number of carbonyl (C=O) groups is 1. The van der Waals surface area contributed by atoms with Crippen molar-refractivity contribution < 1.29 is 14.3 Å². The molecule has 0 fully saturated rings. The van der Waals surface area contributed by atoms with Gasteiger partial charge in [-0.1, -0.05) is 31.4 Å². The Balaban J connectivity index is 2.86. The highest BCUT2D eigenvalue weighted by Crippen LogP contribution is 2.19. The summed E-state index contributed by atoms with van der Waals surface area (Å²) in [7, 11) is 0. The largest absolute Gasteiger partial charge is 0.471 e. The van der Waals surface area contributed by atoms with Crippen molar-refractivity contribution in [3.8, 4) is 5.75 Å². The quantitative estimate of drug-likeness (QED) is 0.463. The molecular formula is C13H15NO3. The molecule has 0 saturated heterocycles. The average molecular weight is 233 g/mol. The van der Waals surface area contributed by atoms with E-state index in [0.717, 1.165) is 0 Å². The van der Waals surface area contributed by atoms with Crippen molar-refractivity contribution >= 4 is 5.97 Å². The van der Waals surface area contributed by atoms with Crippen LogP contribution in [0.3, 0.4) is 0 Å². The Bertz CT molecular complexity index is 415. The van der Waals surface area contributed by atoms with Gasteiger partial charge in [-0.2, -0.15) is 0 Å². The summed E-state index contributed by atoms with van der Waals surface area (Å²) in [6, 6.07) is 6.72. The van der Waals surface area contributed by atoms with E-state index in [1.54, 1.807) is 24.3 Å². The van der Waals surface area contributed by atoms with Crippen molar-refractivity contribution in [3.63, 3.8) is 0 Å². The van der Waals surface area contributed by atoms with Crippen LogP contribution in [0.25, 0.3) is 0 Å². The lowest BCUT2D eigenvalue weighted by Crippen LogP contribution is -2.25. The monoisotopic (exact) mass is 233 g/mol. The summed E-state index contributed by atoms with van der Waals surface area (Å²) < 4.78 is 10.3. The number of hydrogen-bond donors (Lipinski definition) is 1. The minimum absolute atomic E-state index is 0.153. The SMILES string of the molecule is C=CCOC(=O)c1ccccc1OC(N)C=C. The standard InChI is InChI=1S/C13H15NO3/c1-3-9-16-13(15)10-7-5-6-8-11(10)17-12(14)4-2/h3-8,12H,1-2,9,14H2. The molecule has 4 heteroatoms. The third kappa shape index (κ3) is 3.77. The smallest absolute Gasteiger partial charge is 0.342 e. The van der Waals surface area contributed by atoms with Crippen molar-refractivity contribution in [1.29, 1.82) is 0 Å². The Morgan fingerprint density at radius 3 is 2.76 bits per heavy atom. The van der Waals surface area contributed by atoms with Crippen LogP contribution in [0.2, 0.25) is 0 Å². The van der Waals surface area contributed by atoms with E-state index in [-0.39, 0.29) is 6.61 Å². The number of rotatable bonds is 6. The maximum Gasteiger partial charge on any atom is 0.342 e. The van der Waals surface area contributed by atoms with Gasteiger partial charge >= 0.3 is 5.97 Å². The second kappa shape index (κ2) is 6.50. The molecular weight excluding hydrogens is 218 g/mol. The van der Waals surface area contributed by atoms with Gasteiger partial charge < -0.3 is 9.47 Å². The molecule has 0 radical (unpaired) electrons. The zero-order valence-corrected chi connectivity index (χ0v) is 9.46. The fourth-order valence-electron chi connectivity index (χ4n) is 1.15. The van der Waals surface area contributed by atoms with Crippen molar-refractivity contribution in [2.24, 2.45) is 5.73 Å². The highest BCUT2D eigenvalue weighted by atomic mass is 16.5. The Morgan fingerprint density at radius 2 is 2.12 bits per heavy atom. The highest BCUT2D eigenvalue weighted by molar-refractivity contribution is 5.92. The Morgan fingerprint density at radius 1 is 1.41 bits per heavy atom. The molecule has 0 aliphatic heterocycles. The number of carbonyl (C=O) groups excluding carboxylic acids is 1. The Kier molecular flexibility index (Phi) is 4.97. The molecule has 1 aromatic rings. The first kappa shape index (κ1) is 13.0. The van der Waals surface area contributed by atoms with Crippen LogP contribution in [-0.2, 0) is 4.74 Å². The van der Waals surface area contributed by atoms with Crippen LogP contribution < -0.4 is 10.5 Å². The minimum atomic E-state index is -0.664. The van der Waals surface area contributed by atoms with Crippen LogP contribution >= 0.6 is 0 Å². The third-order valence-corrected chi connectivity index (χ3v) is 1.93. The van der Waals surface area contributed by atoms with E-state index in [1.807, 2.05) is 0 Å². The van der Waals surface area contributed by atoms with Crippen molar-refractivity contribution in [2.45, 2.75) is 6.23 Å². The number of para-hydroxylation sites is 1. The Labute approximate surface area is 100 Å². The van der Waals surface area contributed by atoms with Gasteiger partial charge in [0.25, 0.3) is 0 Å². The van der Waals surface area contributed by atoms with Crippen LogP contribution in [-0.4, -0.2) is 18.8 Å². The number of esters is 1. The average Bonchev–Trinajstić information content (AvgIpc) is 2.36. The molecule has 90 valence electrons. The molecule has 0 spiro atoms. The second-order valence-electron chi connectivity index (χ2n) is 3.20. The zero-order chi connectivity index (χ0) is 12.7. The number of hydrogen-bond acceptors (Lipinski definition) is 4. The lowest BCUT2D eigenvalue weighted by molar-refractivity contribution is 0.0544. The molecule has 0 aromatic heterocycles. The molecule has 1 atom stereocenters. The van der Waals surface area contributed by atoms with E-state index < -0.39 is 12.2 Å². The van der Waals surface area contributed by atoms with Crippen molar-refractivity contribution in [2.75, 3.05) is 6.61 Å². The van der Waals surface area contributed by atoms with E-state index in [1.165, 1.54) is 12.2 Å². The fourth-order valence-corrected chi connectivity index (χ4v) is 1.15. The molecule has 0 aliphatic rings. The maximum absolute atomic E-state index is 11.7. The zero-order valence-electron chi connectivity index (χ0n) is 9.46. The first-order valence-corrected chi connectivity index (χ1v) is 5.11. The summed E-state index contributed by atoms with van der Waals surface area (Å²) >= 11 is 0. The van der Waals surface area contributed by atoms with Gasteiger partial charge in [0.05, 0.1) is 0 Å².